The normalized spacial score (nSPS) is 12.7. The van der Waals surface area contributed by atoms with Crippen LogP contribution in [-0.4, -0.2) is 76.9 Å². The van der Waals surface area contributed by atoms with Crippen LogP contribution in [0.2, 0.25) is 0 Å². The van der Waals surface area contributed by atoms with Crippen LogP contribution >= 0.6 is 0 Å². The third-order valence-corrected chi connectivity index (χ3v) is 14.6. The molecule has 0 bridgehead atoms. The molecule has 0 spiro atoms. The largest absolute Gasteiger partial charge is 2.00 e. The fourth-order valence-electron chi connectivity index (χ4n) is 9.37. The van der Waals surface area contributed by atoms with Gasteiger partial charge in [-0.2, -0.15) is 0 Å². The van der Waals surface area contributed by atoms with E-state index in [1.54, 1.807) is 0 Å². The molecule has 2 unspecified atom stereocenters. The second-order valence-corrected chi connectivity index (χ2v) is 22.5. The van der Waals surface area contributed by atoms with Crippen LogP contribution in [0, 0.1) is 11.8 Å². The van der Waals surface area contributed by atoms with Gasteiger partial charge in [0.1, 0.15) is 0 Å². The first-order valence-electron chi connectivity index (χ1n) is 29.2. The van der Waals surface area contributed by atoms with Gasteiger partial charge in [-0.25, -0.2) is 16.8 Å². The second kappa shape index (κ2) is 57.9. The summed E-state index contributed by atoms with van der Waals surface area (Å²) in [6.45, 7) is 9.17. The van der Waals surface area contributed by atoms with Gasteiger partial charge in [0.2, 0.25) is 20.8 Å². The number of unbranched alkanes of at least 4 members (excludes halogenated alkanes) is 40. The van der Waals surface area contributed by atoms with Crippen molar-refractivity contribution in [3.8, 4) is 0 Å². The van der Waals surface area contributed by atoms with Crippen LogP contribution in [0.4, 0.5) is 0 Å². The van der Waals surface area contributed by atoms with E-state index < -0.39 is 20.8 Å². The van der Waals surface area contributed by atoms with Crippen molar-refractivity contribution in [2.45, 2.75) is 336 Å². The van der Waals surface area contributed by atoms with Crippen molar-refractivity contribution in [1.29, 1.82) is 0 Å². The molecule has 0 saturated carbocycles. The quantitative estimate of drug-likeness (QED) is 0.0255. The Bertz CT molecular complexity index is 1050. The molecule has 0 N–H and O–H groups in total. The van der Waals surface area contributed by atoms with Crippen LogP contribution in [-0.2, 0) is 29.2 Å². The molecule has 0 aliphatic carbocycles. The Hall–Kier alpha value is 1.000. The van der Waals surface area contributed by atoms with Crippen LogP contribution in [0.1, 0.15) is 336 Å². The summed E-state index contributed by atoms with van der Waals surface area (Å²) in [5.41, 5.74) is 0. The average Bonchev–Trinajstić information content (AvgIpc) is 3.28. The van der Waals surface area contributed by atoms with Crippen LogP contribution in [0.3, 0.4) is 0 Å². The Labute approximate surface area is 450 Å². The molecule has 0 amide bonds. The topological polar surface area (TPSA) is 133 Å². The van der Waals surface area contributed by atoms with E-state index in [-0.39, 0.29) is 62.8 Å². The monoisotopic (exact) mass is 1020 g/mol. The standard InChI is InChI=1S/2C28H58O4S.Ca/c2*1-3-5-7-9-11-13-14-15-16-18-20-22-24-26-28(27-32-33(29,30)31)25-23-21-19-17-12-10-8-6-4-2;/h2*28H,3-27H2,1-2H3,(H,29,30,31);/q;;+2/p-2. The molecule has 0 radical (unpaired) electrons. The maximum Gasteiger partial charge on any atom is 2.00 e. The molecule has 0 aromatic carbocycles. The van der Waals surface area contributed by atoms with Gasteiger partial charge < -0.3 is 9.11 Å². The molecule has 11 heteroatoms. The molecular weight excluding hydrogens is 905 g/mol. The summed E-state index contributed by atoms with van der Waals surface area (Å²) in [5, 5.41) is 0. The zero-order chi connectivity index (χ0) is 48.9. The molecule has 0 aliphatic rings. The van der Waals surface area contributed by atoms with Crippen LogP contribution in [0.25, 0.3) is 0 Å². The Morgan fingerprint density at radius 2 is 0.403 bits per heavy atom. The van der Waals surface area contributed by atoms with Gasteiger partial charge in [-0.15, -0.1) is 0 Å². The maximum atomic E-state index is 10.9. The predicted octanol–water partition coefficient (Wildman–Crippen LogP) is 18.6. The summed E-state index contributed by atoms with van der Waals surface area (Å²) in [6, 6.07) is 0. The number of hydrogen-bond acceptors (Lipinski definition) is 8. The van der Waals surface area contributed by atoms with E-state index in [1.807, 2.05) is 0 Å². The third kappa shape index (κ3) is 67.0. The Kier molecular flexibility index (Phi) is 62.4. The van der Waals surface area contributed by atoms with E-state index in [0.717, 1.165) is 51.4 Å². The molecule has 8 nitrogen and oxygen atoms in total. The van der Waals surface area contributed by atoms with E-state index >= 15 is 0 Å². The first kappa shape index (κ1) is 72.2. The van der Waals surface area contributed by atoms with Gasteiger partial charge in [0.25, 0.3) is 0 Å². The van der Waals surface area contributed by atoms with Crippen molar-refractivity contribution in [1.82, 2.24) is 0 Å². The van der Waals surface area contributed by atoms with Gasteiger partial charge in [-0.05, 0) is 37.5 Å². The fraction of sp³-hybridized carbons (Fsp3) is 1.00. The molecule has 2 atom stereocenters. The van der Waals surface area contributed by atoms with Crippen molar-refractivity contribution < 1.29 is 34.3 Å². The first-order chi connectivity index (χ1) is 32.0. The molecule has 0 rings (SSSR count). The van der Waals surface area contributed by atoms with Crippen LogP contribution in [0.5, 0.6) is 0 Å². The Morgan fingerprint density at radius 1 is 0.269 bits per heavy atom. The zero-order valence-electron chi connectivity index (χ0n) is 45.3. The minimum atomic E-state index is -4.58. The van der Waals surface area contributed by atoms with E-state index in [4.69, 9.17) is 0 Å². The zero-order valence-corrected chi connectivity index (χ0v) is 49.1. The van der Waals surface area contributed by atoms with Crippen molar-refractivity contribution in [3.63, 3.8) is 0 Å². The van der Waals surface area contributed by atoms with Crippen molar-refractivity contribution >= 4 is 58.5 Å². The fourth-order valence-corrected chi connectivity index (χ4v) is 10.1. The maximum absolute atomic E-state index is 10.9. The van der Waals surface area contributed by atoms with Crippen LogP contribution in [0.15, 0.2) is 0 Å². The van der Waals surface area contributed by atoms with E-state index in [1.165, 1.54) is 257 Å². The van der Waals surface area contributed by atoms with E-state index in [0.29, 0.717) is 0 Å². The van der Waals surface area contributed by atoms with Crippen molar-refractivity contribution in [2.24, 2.45) is 11.8 Å². The minimum Gasteiger partial charge on any atom is -0.726 e. The number of hydrogen-bond donors (Lipinski definition) is 0. The SMILES string of the molecule is CCCCCCCCCCCCCCCC(CCCCCCCCCCC)COS(=O)(=O)[O-].CCCCCCCCCCCCCCCC(CCCCCCCCCCC)COS(=O)(=O)[O-].[Ca+2]. The summed E-state index contributed by atoms with van der Waals surface area (Å²) in [5.74, 6) is 0.400. The average molecular weight is 1020 g/mol. The van der Waals surface area contributed by atoms with Gasteiger partial charge in [0.15, 0.2) is 0 Å². The minimum absolute atomic E-state index is 0. The van der Waals surface area contributed by atoms with Crippen molar-refractivity contribution in [2.75, 3.05) is 13.2 Å². The van der Waals surface area contributed by atoms with Crippen molar-refractivity contribution in [3.05, 3.63) is 0 Å². The second-order valence-electron chi connectivity index (χ2n) is 20.4. The Balaban J connectivity index is -0.00000120. The van der Waals surface area contributed by atoms with Gasteiger partial charge >= 0.3 is 37.7 Å². The van der Waals surface area contributed by atoms with E-state index in [9.17, 15) is 25.9 Å². The van der Waals surface area contributed by atoms with Gasteiger partial charge in [-0.1, -0.05) is 310 Å². The first-order valence-corrected chi connectivity index (χ1v) is 31.9. The smallest absolute Gasteiger partial charge is 0.726 e. The van der Waals surface area contributed by atoms with E-state index in [2.05, 4.69) is 36.1 Å². The molecule has 0 saturated heterocycles. The molecule has 0 aromatic rings. The van der Waals surface area contributed by atoms with Gasteiger partial charge in [0.05, 0.1) is 13.2 Å². The van der Waals surface area contributed by atoms with Crippen LogP contribution < -0.4 is 0 Å². The molecule has 0 aromatic heterocycles. The molecule has 400 valence electrons. The summed E-state index contributed by atoms with van der Waals surface area (Å²) >= 11 is 0. The molecule has 0 heterocycles. The summed E-state index contributed by atoms with van der Waals surface area (Å²) in [6.07, 6.45) is 61.7. The molecule has 0 fully saturated rings. The molecule has 0 aliphatic heterocycles. The predicted molar refractivity (Wildman–Crippen MR) is 288 cm³/mol. The number of rotatable bonds is 54. The summed E-state index contributed by atoms with van der Waals surface area (Å²) in [4.78, 5) is 0. The molecular formula is C56H114CaO8S2. The Morgan fingerprint density at radius 3 is 0.537 bits per heavy atom. The van der Waals surface area contributed by atoms with Gasteiger partial charge in [-0.3, -0.25) is 8.37 Å². The third-order valence-electron chi connectivity index (χ3n) is 13.8. The molecule has 67 heavy (non-hydrogen) atoms. The summed E-state index contributed by atoms with van der Waals surface area (Å²) < 4.78 is 74.4. The van der Waals surface area contributed by atoms with Gasteiger partial charge in [0, 0.05) is 0 Å². The summed E-state index contributed by atoms with van der Waals surface area (Å²) in [7, 11) is -9.15.